The van der Waals surface area contributed by atoms with Crippen molar-refractivity contribution in [2.24, 2.45) is 0 Å². The van der Waals surface area contributed by atoms with Crippen LogP contribution in [0.25, 0.3) is 0 Å². The molecular formula is C14H16BrFN2O2. The molecule has 108 valence electrons. The molecule has 0 radical (unpaired) electrons. The van der Waals surface area contributed by atoms with E-state index in [-0.39, 0.29) is 18.4 Å². The maximum atomic E-state index is 13.2. The van der Waals surface area contributed by atoms with Gasteiger partial charge in [-0.05, 0) is 47.0 Å². The van der Waals surface area contributed by atoms with Gasteiger partial charge < -0.3 is 5.32 Å². The van der Waals surface area contributed by atoms with E-state index in [1.54, 1.807) is 0 Å². The number of hydrogen-bond donors (Lipinski definition) is 1. The molecule has 1 heterocycles. The highest BCUT2D eigenvalue weighted by atomic mass is 79.9. The maximum Gasteiger partial charge on any atom is 0.253 e. The smallest absolute Gasteiger partial charge is 0.253 e. The van der Waals surface area contributed by atoms with Gasteiger partial charge in [-0.15, -0.1) is 0 Å². The Bertz CT molecular complexity index is 558. The van der Waals surface area contributed by atoms with Gasteiger partial charge in [-0.3, -0.25) is 14.5 Å². The molecule has 0 atom stereocenters. The van der Waals surface area contributed by atoms with Gasteiger partial charge in [0.15, 0.2) is 0 Å². The standard InChI is InChI=1S/C14H16BrFN2O2/c1-3-14(4-2)13(20)18(8-12(19)17-14)11-6-5-9(16)7-10(11)15/h5-7H,3-4,8H2,1-2H3,(H,17,19). The molecule has 1 aromatic carbocycles. The van der Waals surface area contributed by atoms with Crippen LogP contribution in [0.1, 0.15) is 26.7 Å². The topological polar surface area (TPSA) is 49.4 Å². The molecule has 1 aromatic rings. The van der Waals surface area contributed by atoms with E-state index in [1.165, 1.54) is 23.1 Å². The van der Waals surface area contributed by atoms with E-state index < -0.39 is 11.4 Å². The van der Waals surface area contributed by atoms with E-state index in [4.69, 9.17) is 0 Å². The maximum absolute atomic E-state index is 13.2. The average Bonchev–Trinajstić information content (AvgIpc) is 2.41. The summed E-state index contributed by atoms with van der Waals surface area (Å²) in [6.45, 7) is 3.68. The number of carbonyl (C=O) groups is 2. The first-order chi connectivity index (χ1) is 9.43. The summed E-state index contributed by atoms with van der Waals surface area (Å²) in [4.78, 5) is 26.0. The van der Waals surface area contributed by atoms with Crippen molar-refractivity contribution in [3.05, 3.63) is 28.5 Å². The zero-order valence-electron chi connectivity index (χ0n) is 11.4. The van der Waals surface area contributed by atoms with E-state index in [0.29, 0.717) is 23.0 Å². The summed E-state index contributed by atoms with van der Waals surface area (Å²) in [6.07, 6.45) is 1.03. The Morgan fingerprint density at radius 1 is 1.35 bits per heavy atom. The Morgan fingerprint density at radius 2 is 2.00 bits per heavy atom. The third kappa shape index (κ3) is 2.44. The molecule has 0 spiro atoms. The molecule has 0 saturated carbocycles. The molecule has 2 rings (SSSR count). The zero-order valence-corrected chi connectivity index (χ0v) is 13.0. The van der Waals surface area contributed by atoms with E-state index >= 15 is 0 Å². The first-order valence-corrected chi connectivity index (χ1v) is 7.31. The molecule has 6 heteroatoms. The van der Waals surface area contributed by atoms with E-state index in [1.807, 2.05) is 13.8 Å². The van der Waals surface area contributed by atoms with Gasteiger partial charge in [-0.2, -0.15) is 0 Å². The third-order valence-electron chi connectivity index (χ3n) is 3.74. The second kappa shape index (κ2) is 5.52. The number of nitrogens with one attached hydrogen (secondary N) is 1. The molecular weight excluding hydrogens is 327 g/mol. The average molecular weight is 343 g/mol. The monoisotopic (exact) mass is 342 g/mol. The number of nitrogens with zero attached hydrogens (tertiary/aromatic N) is 1. The van der Waals surface area contributed by atoms with Gasteiger partial charge in [0.25, 0.3) is 5.91 Å². The summed E-state index contributed by atoms with van der Waals surface area (Å²) in [7, 11) is 0. The molecule has 0 unspecified atom stereocenters. The van der Waals surface area contributed by atoms with Crippen LogP contribution in [-0.4, -0.2) is 23.9 Å². The predicted molar refractivity (Wildman–Crippen MR) is 77.9 cm³/mol. The fourth-order valence-corrected chi connectivity index (χ4v) is 3.02. The zero-order chi connectivity index (χ0) is 14.9. The first-order valence-electron chi connectivity index (χ1n) is 6.51. The molecule has 0 aliphatic carbocycles. The van der Waals surface area contributed by atoms with Gasteiger partial charge in [-0.25, -0.2) is 4.39 Å². The Balaban J connectivity index is 2.45. The van der Waals surface area contributed by atoms with Crippen molar-refractivity contribution in [3.8, 4) is 0 Å². The number of anilines is 1. The normalized spacial score (nSPS) is 18.1. The number of carbonyl (C=O) groups excluding carboxylic acids is 2. The number of benzene rings is 1. The minimum atomic E-state index is -0.872. The van der Waals surface area contributed by atoms with Crippen molar-refractivity contribution in [2.75, 3.05) is 11.4 Å². The number of piperazine rings is 1. The van der Waals surface area contributed by atoms with Crippen molar-refractivity contribution in [1.82, 2.24) is 5.32 Å². The second-order valence-electron chi connectivity index (χ2n) is 4.82. The fourth-order valence-electron chi connectivity index (χ4n) is 2.46. The third-order valence-corrected chi connectivity index (χ3v) is 4.38. The summed E-state index contributed by atoms with van der Waals surface area (Å²) in [5.74, 6) is -0.759. The predicted octanol–water partition coefficient (Wildman–Crippen LogP) is 2.61. The SMILES string of the molecule is CCC1(CC)NC(=O)CN(c2ccc(F)cc2Br)C1=O. The molecule has 1 N–H and O–H groups in total. The van der Waals surface area contributed by atoms with Crippen molar-refractivity contribution < 1.29 is 14.0 Å². The van der Waals surface area contributed by atoms with E-state index in [9.17, 15) is 14.0 Å². The highest BCUT2D eigenvalue weighted by Crippen LogP contribution is 2.32. The van der Waals surface area contributed by atoms with Crippen LogP contribution in [0.2, 0.25) is 0 Å². The highest BCUT2D eigenvalue weighted by molar-refractivity contribution is 9.10. The summed E-state index contributed by atoms with van der Waals surface area (Å²) in [5.41, 5.74) is -0.360. The highest BCUT2D eigenvalue weighted by Gasteiger charge is 2.44. The Labute approximate surface area is 125 Å². The van der Waals surface area contributed by atoms with Crippen LogP contribution in [0.3, 0.4) is 0 Å². The lowest BCUT2D eigenvalue weighted by atomic mass is 9.88. The van der Waals surface area contributed by atoms with Crippen LogP contribution >= 0.6 is 15.9 Å². The summed E-state index contributed by atoms with van der Waals surface area (Å²) < 4.78 is 13.6. The van der Waals surface area contributed by atoms with Crippen molar-refractivity contribution in [1.29, 1.82) is 0 Å². The van der Waals surface area contributed by atoms with Crippen molar-refractivity contribution >= 4 is 33.4 Å². The van der Waals surface area contributed by atoms with Gasteiger partial charge in [0.1, 0.15) is 17.9 Å². The minimum absolute atomic E-state index is 0.0508. The van der Waals surface area contributed by atoms with Gasteiger partial charge >= 0.3 is 0 Å². The Morgan fingerprint density at radius 3 is 2.55 bits per heavy atom. The molecule has 1 saturated heterocycles. The fraction of sp³-hybridized carbons (Fsp3) is 0.429. The van der Waals surface area contributed by atoms with Crippen LogP contribution < -0.4 is 10.2 Å². The largest absolute Gasteiger partial charge is 0.340 e. The van der Waals surface area contributed by atoms with E-state index in [2.05, 4.69) is 21.2 Å². The number of halogens is 2. The van der Waals surface area contributed by atoms with Gasteiger partial charge in [0.2, 0.25) is 5.91 Å². The van der Waals surface area contributed by atoms with Crippen LogP contribution in [-0.2, 0) is 9.59 Å². The van der Waals surface area contributed by atoms with Gasteiger partial charge in [0.05, 0.1) is 5.69 Å². The molecule has 0 aromatic heterocycles. The lowest BCUT2D eigenvalue weighted by Crippen LogP contribution is -2.66. The molecule has 1 aliphatic heterocycles. The molecule has 4 nitrogen and oxygen atoms in total. The first kappa shape index (κ1) is 15.0. The molecule has 1 aliphatic rings. The summed E-state index contributed by atoms with van der Waals surface area (Å²) in [5, 5.41) is 2.79. The van der Waals surface area contributed by atoms with Crippen molar-refractivity contribution in [2.45, 2.75) is 32.2 Å². The van der Waals surface area contributed by atoms with Crippen molar-refractivity contribution in [3.63, 3.8) is 0 Å². The molecule has 0 bridgehead atoms. The minimum Gasteiger partial charge on any atom is -0.340 e. The van der Waals surface area contributed by atoms with Crippen LogP contribution in [0.15, 0.2) is 22.7 Å². The lowest BCUT2D eigenvalue weighted by molar-refractivity contribution is -0.136. The van der Waals surface area contributed by atoms with Crippen LogP contribution in [0.4, 0.5) is 10.1 Å². The van der Waals surface area contributed by atoms with E-state index in [0.717, 1.165) is 0 Å². The van der Waals surface area contributed by atoms with Gasteiger partial charge in [0, 0.05) is 4.47 Å². The Hall–Kier alpha value is -1.43. The number of rotatable bonds is 3. The van der Waals surface area contributed by atoms with Crippen LogP contribution in [0, 0.1) is 5.82 Å². The second-order valence-corrected chi connectivity index (χ2v) is 5.68. The molecule has 1 fully saturated rings. The summed E-state index contributed by atoms with van der Waals surface area (Å²) in [6, 6.07) is 4.07. The number of amides is 2. The quantitative estimate of drug-likeness (QED) is 0.917. The molecule has 2 amide bonds. The lowest BCUT2D eigenvalue weighted by Gasteiger charge is -2.41. The Kier molecular flexibility index (Phi) is 4.13. The van der Waals surface area contributed by atoms with Crippen LogP contribution in [0.5, 0.6) is 0 Å². The van der Waals surface area contributed by atoms with Gasteiger partial charge in [-0.1, -0.05) is 13.8 Å². The summed E-state index contributed by atoms with van der Waals surface area (Å²) >= 11 is 3.25. The molecule has 20 heavy (non-hydrogen) atoms. The number of hydrogen-bond acceptors (Lipinski definition) is 2.